The first kappa shape index (κ1) is 9.79. The molecule has 0 saturated heterocycles. The maximum absolute atomic E-state index is 8.92. The second-order valence-electron chi connectivity index (χ2n) is 3.92. The largest absolute Gasteiger partial charge is 0.300 e. The highest BCUT2D eigenvalue weighted by Gasteiger charge is 2.23. The Balaban J connectivity index is 2.10. The van der Waals surface area contributed by atoms with E-state index in [0.29, 0.717) is 13.1 Å². The van der Waals surface area contributed by atoms with Crippen LogP contribution >= 0.6 is 0 Å². The van der Waals surface area contributed by atoms with Gasteiger partial charge in [0.15, 0.2) is 12.5 Å². The zero-order chi connectivity index (χ0) is 11.7. The molecule has 17 heavy (non-hydrogen) atoms. The molecule has 0 saturated carbocycles. The number of hydrogen-bond donors (Lipinski definition) is 0. The van der Waals surface area contributed by atoms with Crippen LogP contribution in [0.15, 0.2) is 30.3 Å². The molecule has 0 spiro atoms. The molecule has 2 aromatic rings. The molecule has 1 radical (unpaired) electrons. The highest BCUT2D eigenvalue weighted by atomic mass is 15.2. The van der Waals surface area contributed by atoms with Gasteiger partial charge in [0.05, 0.1) is 24.5 Å². The van der Waals surface area contributed by atoms with Crippen molar-refractivity contribution in [3.05, 3.63) is 47.9 Å². The van der Waals surface area contributed by atoms with Gasteiger partial charge in [-0.3, -0.25) is 0 Å². The van der Waals surface area contributed by atoms with Crippen LogP contribution < -0.4 is 0 Å². The fourth-order valence-corrected chi connectivity index (χ4v) is 2.04. The summed E-state index contributed by atoms with van der Waals surface area (Å²) in [6.07, 6.45) is 4.81. The lowest BCUT2D eigenvalue weighted by Gasteiger charge is -2.05. The van der Waals surface area contributed by atoms with Gasteiger partial charge in [0.2, 0.25) is 0 Å². The van der Waals surface area contributed by atoms with Gasteiger partial charge in [-0.15, -0.1) is 0 Å². The zero-order valence-electron chi connectivity index (χ0n) is 9.09. The minimum atomic E-state index is 0.560. The molecule has 4 heteroatoms. The summed E-state index contributed by atoms with van der Waals surface area (Å²) in [5.74, 6) is 0. The molecule has 0 amide bonds. The molecule has 0 bridgehead atoms. The van der Waals surface area contributed by atoms with Crippen LogP contribution in [0.2, 0.25) is 0 Å². The Morgan fingerprint density at radius 3 is 2.76 bits per heavy atom. The first-order valence-electron chi connectivity index (χ1n) is 5.34. The molecule has 3 rings (SSSR count). The van der Waals surface area contributed by atoms with E-state index in [2.05, 4.69) is 22.5 Å². The summed E-state index contributed by atoms with van der Waals surface area (Å²) in [6.45, 7) is 1.15. The third kappa shape index (κ3) is 1.62. The second kappa shape index (κ2) is 3.87. The van der Waals surface area contributed by atoms with Crippen molar-refractivity contribution in [2.75, 3.05) is 0 Å². The average Bonchev–Trinajstić information content (AvgIpc) is 2.82. The van der Waals surface area contributed by atoms with Gasteiger partial charge in [-0.1, -0.05) is 30.3 Å². The van der Waals surface area contributed by atoms with E-state index in [1.807, 2.05) is 30.3 Å². The van der Waals surface area contributed by atoms with Crippen molar-refractivity contribution in [1.29, 1.82) is 5.26 Å². The summed E-state index contributed by atoms with van der Waals surface area (Å²) in [5.41, 5.74) is 3.87. The SMILES string of the molecule is N#CN1Cc2n[c]nc(-c3ccccc3)c2C1. The number of aromatic nitrogens is 2. The van der Waals surface area contributed by atoms with Gasteiger partial charge in [0.1, 0.15) is 0 Å². The van der Waals surface area contributed by atoms with Crippen LogP contribution in [0, 0.1) is 17.8 Å². The van der Waals surface area contributed by atoms with E-state index < -0.39 is 0 Å². The van der Waals surface area contributed by atoms with Crippen LogP contribution in [0.25, 0.3) is 11.3 Å². The number of nitriles is 1. The number of nitrogens with zero attached hydrogens (tertiary/aromatic N) is 4. The Bertz CT molecular complexity index is 586. The highest BCUT2D eigenvalue weighted by Crippen LogP contribution is 2.28. The minimum Gasteiger partial charge on any atom is -0.300 e. The Morgan fingerprint density at radius 2 is 2.00 bits per heavy atom. The number of rotatable bonds is 1. The minimum absolute atomic E-state index is 0.560. The average molecular weight is 221 g/mol. The Hall–Kier alpha value is -2.41. The Kier molecular flexibility index (Phi) is 2.23. The predicted octanol–water partition coefficient (Wildman–Crippen LogP) is 1.74. The molecule has 1 aromatic heterocycles. The summed E-state index contributed by atoms with van der Waals surface area (Å²) < 4.78 is 0. The van der Waals surface area contributed by atoms with Crippen LogP contribution in [0.1, 0.15) is 11.3 Å². The van der Waals surface area contributed by atoms with Gasteiger partial charge in [-0.2, -0.15) is 5.26 Å². The molecule has 0 unspecified atom stereocenters. The lowest BCUT2D eigenvalue weighted by Crippen LogP contribution is -2.07. The van der Waals surface area contributed by atoms with Gasteiger partial charge in [-0.25, -0.2) is 9.97 Å². The fraction of sp³-hybridized carbons (Fsp3) is 0.154. The predicted molar refractivity (Wildman–Crippen MR) is 61.2 cm³/mol. The van der Waals surface area contributed by atoms with E-state index in [0.717, 1.165) is 22.5 Å². The number of fused-ring (bicyclic) bond motifs is 1. The van der Waals surface area contributed by atoms with Crippen molar-refractivity contribution in [2.45, 2.75) is 13.1 Å². The van der Waals surface area contributed by atoms with Gasteiger partial charge >= 0.3 is 0 Å². The number of hydrogen-bond acceptors (Lipinski definition) is 4. The molecule has 1 aliphatic rings. The smallest absolute Gasteiger partial charge is 0.198 e. The van der Waals surface area contributed by atoms with Crippen molar-refractivity contribution in [1.82, 2.24) is 14.9 Å². The highest BCUT2D eigenvalue weighted by molar-refractivity contribution is 5.64. The molecule has 1 aliphatic heterocycles. The molecule has 0 aliphatic carbocycles. The van der Waals surface area contributed by atoms with E-state index in [1.165, 1.54) is 0 Å². The van der Waals surface area contributed by atoms with E-state index in [1.54, 1.807) is 4.90 Å². The maximum Gasteiger partial charge on any atom is 0.198 e. The van der Waals surface area contributed by atoms with Gasteiger partial charge in [0.25, 0.3) is 0 Å². The molecule has 0 fully saturated rings. The zero-order valence-corrected chi connectivity index (χ0v) is 9.09. The van der Waals surface area contributed by atoms with Crippen LogP contribution in [-0.4, -0.2) is 14.9 Å². The standard InChI is InChI=1S/C13H9N4/c14-8-17-6-11-12(7-17)15-9-16-13(11)10-4-2-1-3-5-10/h1-5H,6-7H2. The van der Waals surface area contributed by atoms with Crippen molar-refractivity contribution in [2.24, 2.45) is 0 Å². The van der Waals surface area contributed by atoms with Gasteiger partial charge in [-0.05, 0) is 0 Å². The summed E-state index contributed by atoms with van der Waals surface area (Å²) in [7, 11) is 0. The van der Waals surface area contributed by atoms with Crippen LogP contribution in [-0.2, 0) is 13.1 Å². The topological polar surface area (TPSA) is 52.8 Å². The first-order valence-corrected chi connectivity index (χ1v) is 5.34. The number of benzene rings is 1. The summed E-state index contributed by atoms with van der Waals surface area (Å²) in [6, 6.07) is 9.93. The monoisotopic (exact) mass is 221 g/mol. The molecule has 0 N–H and O–H groups in total. The molecule has 81 valence electrons. The lowest BCUT2D eigenvalue weighted by molar-refractivity contribution is 0.415. The fourth-order valence-electron chi connectivity index (χ4n) is 2.04. The van der Waals surface area contributed by atoms with Gasteiger partial charge < -0.3 is 4.90 Å². The van der Waals surface area contributed by atoms with Crippen molar-refractivity contribution in [3.63, 3.8) is 0 Å². The first-order chi connectivity index (χ1) is 8.38. The van der Waals surface area contributed by atoms with Crippen molar-refractivity contribution < 1.29 is 0 Å². The van der Waals surface area contributed by atoms with Gasteiger partial charge in [0, 0.05) is 11.1 Å². The lowest BCUT2D eigenvalue weighted by atomic mass is 10.1. The van der Waals surface area contributed by atoms with E-state index in [4.69, 9.17) is 5.26 Å². The third-order valence-electron chi connectivity index (χ3n) is 2.86. The second-order valence-corrected chi connectivity index (χ2v) is 3.92. The summed E-state index contributed by atoms with van der Waals surface area (Å²) in [5, 5.41) is 8.92. The normalized spacial score (nSPS) is 13.2. The molecular weight excluding hydrogens is 212 g/mol. The van der Waals surface area contributed by atoms with Crippen molar-refractivity contribution >= 4 is 0 Å². The molecule has 2 heterocycles. The molecular formula is C13H9N4. The summed E-state index contributed by atoms with van der Waals surface area (Å²) >= 11 is 0. The molecule has 4 nitrogen and oxygen atoms in total. The molecule has 1 aromatic carbocycles. The summed E-state index contributed by atoms with van der Waals surface area (Å²) in [4.78, 5) is 10.00. The quantitative estimate of drug-likeness (QED) is 0.688. The van der Waals surface area contributed by atoms with Crippen LogP contribution in [0.4, 0.5) is 0 Å². The van der Waals surface area contributed by atoms with Crippen LogP contribution in [0.5, 0.6) is 0 Å². The molecule has 0 atom stereocenters. The maximum atomic E-state index is 8.92. The van der Waals surface area contributed by atoms with Crippen LogP contribution in [0.3, 0.4) is 0 Å². The van der Waals surface area contributed by atoms with E-state index in [-0.39, 0.29) is 0 Å². The Morgan fingerprint density at radius 1 is 1.18 bits per heavy atom. The van der Waals surface area contributed by atoms with Crippen molar-refractivity contribution in [3.8, 4) is 17.5 Å². The Labute approximate surface area is 99.2 Å². The van der Waals surface area contributed by atoms with E-state index in [9.17, 15) is 0 Å². The third-order valence-corrected chi connectivity index (χ3v) is 2.86. The van der Waals surface area contributed by atoms with E-state index >= 15 is 0 Å².